The summed E-state index contributed by atoms with van der Waals surface area (Å²) in [5.74, 6) is 0. The molecule has 120 valence electrons. The van der Waals surface area contributed by atoms with Gasteiger partial charge in [0.25, 0.3) is 0 Å². The fourth-order valence-electron chi connectivity index (χ4n) is 1.69. The molecule has 0 aliphatic rings. The van der Waals surface area contributed by atoms with Crippen molar-refractivity contribution in [3.05, 3.63) is 35.9 Å². The number of carbonyl (C=O) groups excluding carboxylic acids is 1. The van der Waals surface area contributed by atoms with Gasteiger partial charge in [-0.3, -0.25) is 0 Å². The molecular formula is C16H25INO3-. The number of hydrogen-bond donors (Lipinski definition) is 1. The zero-order valence-electron chi connectivity index (χ0n) is 13.2. The van der Waals surface area contributed by atoms with Gasteiger partial charge in [0.2, 0.25) is 0 Å². The van der Waals surface area contributed by atoms with E-state index in [1.807, 2.05) is 51.1 Å². The molecule has 0 heterocycles. The normalized spacial score (nSPS) is 13.0. The predicted molar refractivity (Wildman–Crippen MR) is 80.2 cm³/mol. The summed E-state index contributed by atoms with van der Waals surface area (Å²) >= 11 is 0.227. The van der Waals surface area contributed by atoms with Gasteiger partial charge >= 0.3 is 138 Å². The zero-order valence-corrected chi connectivity index (χ0v) is 15.3. The second-order valence-electron chi connectivity index (χ2n) is 5.61. The number of amides is 1. The Kier molecular flexibility index (Phi) is 8.03. The summed E-state index contributed by atoms with van der Waals surface area (Å²) in [6.07, 6.45) is -0.538. The number of ether oxygens (including phenoxy) is 2. The molecule has 0 saturated heterocycles. The molecule has 0 bridgehead atoms. The second kappa shape index (κ2) is 9.25. The predicted octanol–water partition coefficient (Wildman–Crippen LogP) is -0.0122. The van der Waals surface area contributed by atoms with Crippen LogP contribution in [0.15, 0.2) is 30.3 Å². The van der Waals surface area contributed by atoms with Crippen molar-refractivity contribution >= 4 is 6.09 Å². The molecule has 0 radical (unpaired) electrons. The van der Waals surface area contributed by atoms with Crippen LogP contribution in [-0.2, 0) is 9.47 Å². The van der Waals surface area contributed by atoms with Crippen LogP contribution in [0.5, 0.6) is 0 Å². The van der Waals surface area contributed by atoms with Gasteiger partial charge in [0.05, 0.1) is 0 Å². The van der Waals surface area contributed by atoms with Crippen molar-refractivity contribution in [1.29, 1.82) is 0 Å². The molecule has 1 aromatic carbocycles. The van der Waals surface area contributed by atoms with Crippen LogP contribution in [0.2, 0.25) is 0 Å². The average molecular weight is 406 g/mol. The molecule has 0 aliphatic carbocycles. The third-order valence-electron chi connectivity index (χ3n) is 2.59. The molecule has 0 fully saturated rings. The van der Waals surface area contributed by atoms with Gasteiger partial charge in [-0.05, 0) is 0 Å². The van der Waals surface area contributed by atoms with Gasteiger partial charge in [0.1, 0.15) is 0 Å². The minimum atomic E-state index is -0.486. The third kappa shape index (κ3) is 8.26. The number of carbonyl (C=O) groups is 1. The molecular weight excluding hydrogens is 381 g/mol. The fraction of sp³-hybridized carbons (Fsp3) is 0.562. The SMILES string of the molecule is C[I-]CCOC(CNC(=O)OC(C)(C)C)c1ccccc1. The first-order valence-corrected chi connectivity index (χ1v) is 10.7. The van der Waals surface area contributed by atoms with E-state index in [9.17, 15) is 4.79 Å². The summed E-state index contributed by atoms with van der Waals surface area (Å²) in [7, 11) is 0. The van der Waals surface area contributed by atoms with Gasteiger partial charge in [-0.15, -0.1) is 0 Å². The Morgan fingerprint density at radius 1 is 1.29 bits per heavy atom. The third-order valence-corrected chi connectivity index (χ3v) is 4.11. The number of rotatable bonds is 7. The van der Waals surface area contributed by atoms with Crippen LogP contribution in [-0.4, -0.2) is 34.2 Å². The first kappa shape index (κ1) is 18.2. The second-order valence-corrected chi connectivity index (χ2v) is 8.21. The summed E-state index contributed by atoms with van der Waals surface area (Å²) in [4.78, 5) is 14.0. The van der Waals surface area contributed by atoms with Crippen LogP contribution < -0.4 is 26.5 Å². The number of halogens is 1. The van der Waals surface area contributed by atoms with Crippen LogP contribution in [0.1, 0.15) is 32.4 Å². The van der Waals surface area contributed by atoms with E-state index in [2.05, 4.69) is 10.2 Å². The van der Waals surface area contributed by atoms with Crippen molar-refractivity contribution in [3.8, 4) is 0 Å². The van der Waals surface area contributed by atoms with Crippen molar-refractivity contribution in [2.24, 2.45) is 0 Å². The van der Waals surface area contributed by atoms with Gasteiger partial charge in [0.15, 0.2) is 0 Å². The van der Waals surface area contributed by atoms with Crippen LogP contribution in [0.3, 0.4) is 0 Å². The van der Waals surface area contributed by atoms with Crippen LogP contribution in [0.25, 0.3) is 0 Å². The van der Waals surface area contributed by atoms with Gasteiger partial charge in [-0.1, -0.05) is 0 Å². The quantitative estimate of drug-likeness (QED) is 0.394. The standard InChI is InChI=1S/C16H25INO3/c1-16(2,3)21-15(19)18-12-14(20-11-10-17-4)13-8-6-5-7-9-13/h5-9,14H,10-12H2,1-4H3,(H,18,19)/q-1. The van der Waals surface area contributed by atoms with Crippen molar-refractivity contribution < 1.29 is 35.5 Å². The van der Waals surface area contributed by atoms with E-state index >= 15 is 0 Å². The minimum absolute atomic E-state index is 0.130. The summed E-state index contributed by atoms with van der Waals surface area (Å²) in [6.45, 7) is 6.70. The number of nitrogens with one attached hydrogen (secondary N) is 1. The molecule has 1 amide bonds. The van der Waals surface area contributed by atoms with Gasteiger partial charge < -0.3 is 0 Å². The van der Waals surface area contributed by atoms with Gasteiger partial charge in [-0.25, -0.2) is 0 Å². The van der Waals surface area contributed by atoms with Gasteiger partial charge in [-0.2, -0.15) is 0 Å². The molecule has 1 aromatic rings. The first-order chi connectivity index (χ1) is 9.92. The molecule has 0 spiro atoms. The van der Waals surface area contributed by atoms with Crippen LogP contribution in [0, 0.1) is 0 Å². The number of benzene rings is 1. The average Bonchev–Trinajstić information content (AvgIpc) is 2.41. The zero-order chi connectivity index (χ0) is 15.7. The molecule has 0 aromatic heterocycles. The Morgan fingerprint density at radius 3 is 2.52 bits per heavy atom. The van der Waals surface area contributed by atoms with E-state index in [1.54, 1.807) is 0 Å². The maximum absolute atomic E-state index is 11.7. The fourth-order valence-corrected chi connectivity index (χ4v) is 2.39. The van der Waals surface area contributed by atoms with Gasteiger partial charge in [0, 0.05) is 0 Å². The molecule has 1 atom stereocenters. The summed E-state index contributed by atoms with van der Waals surface area (Å²) in [5.41, 5.74) is 0.586. The topological polar surface area (TPSA) is 47.6 Å². The molecule has 1 unspecified atom stereocenters. The van der Waals surface area contributed by atoms with E-state index in [1.165, 1.54) is 0 Å². The van der Waals surface area contributed by atoms with E-state index in [0.29, 0.717) is 6.54 Å². The van der Waals surface area contributed by atoms with Crippen molar-refractivity contribution in [3.63, 3.8) is 0 Å². The van der Waals surface area contributed by atoms with E-state index < -0.39 is 11.7 Å². The van der Waals surface area contributed by atoms with E-state index in [-0.39, 0.29) is 27.3 Å². The molecule has 1 N–H and O–H groups in total. The van der Waals surface area contributed by atoms with Crippen molar-refractivity contribution in [2.45, 2.75) is 32.5 Å². The van der Waals surface area contributed by atoms with Crippen molar-refractivity contribution in [2.75, 3.05) is 22.5 Å². The Morgan fingerprint density at radius 2 is 1.95 bits per heavy atom. The number of alkyl carbamates (subject to hydrolysis) is 1. The molecule has 0 aliphatic heterocycles. The molecule has 5 heteroatoms. The van der Waals surface area contributed by atoms with Crippen molar-refractivity contribution in [1.82, 2.24) is 5.32 Å². The molecule has 1 rings (SSSR count). The van der Waals surface area contributed by atoms with Crippen LogP contribution in [0.4, 0.5) is 4.79 Å². The summed E-state index contributed by atoms with van der Waals surface area (Å²) in [5, 5.41) is 2.79. The summed E-state index contributed by atoms with van der Waals surface area (Å²) in [6, 6.07) is 9.96. The number of alkyl halides is 2. The van der Waals surface area contributed by atoms with E-state index in [4.69, 9.17) is 9.47 Å². The van der Waals surface area contributed by atoms with Crippen LogP contribution >= 0.6 is 0 Å². The Hall–Kier alpha value is -0.820. The summed E-state index contributed by atoms with van der Waals surface area (Å²) < 4.78 is 12.3. The monoisotopic (exact) mass is 406 g/mol. The molecule has 0 saturated carbocycles. The Bertz CT molecular complexity index is 417. The first-order valence-electron chi connectivity index (χ1n) is 6.99. The van der Waals surface area contributed by atoms with E-state index in [0.717, 1.165) is 16.6 Å². The number of hydrogen-bond acceptors (Lipinski definition) is 3. The Balaban J connectivity index is 2.55. The molecule has 4 nitrogen and oxygen atoms in total. The maximum atomic E-state index is 11.7. The molecule has 21 heavy (non-hydrogen) atoms. The Labute approximate surface area is 137 Å².